The Kier molecular flexibility index (Phi) is 17.7. The SMILES string of the molecule is C=Cc1ccc(-c2nc3ccccc3s2)cc1.C=Cc1ccc(COc2ccccc2-c2nc3ccccc3s2)cc1.C=Cc1ccc(COc2nc3ccccc3s2)cc1.C=Cc1ccc(Oc2nc3ccccc3s2)cc1. The van der Waals surface area contributed by atoms with Gasteiger partial charge in [0.25, 0.3) is 10.4 Å². The van der Waals surface area contributed by atoms with Gasteiger partial charge in [0.1, 0.15) is 34.7 Å². The minimum atomic E-state index is 0.527. The fraction of sp³-hybridized carbons (Fsp3) is 0.0294. The van der Waals surface area contributed by atoms with Gasteiger partial charge in [0.15, 0.2) is 0 Å². The number of para-hydroxylation sites is 5. The van der Waals surface area contributed by atoms with E-state index in [2.05, 4.69) is 102 Å². The summed E-state index contributed by atoms with van der Waals surface area (Å²) in [6, 6.07) is 73.0. The van der Waals surface area contributed by atoms with Crippen LogP contribution in [0.1, 0.15) is 33.4 Å². The molecule has 0 aliphatic rings. The average Bonchev–Trinajstić information content (AvgIpc) is 4.36. The summed E-state index contributed by atoms with van der Waals surface area (Å²) in [5, 5.41) is 3.44. The summed E-state index contributed by atoms with van der Waals surface area (Å²) in [7, 11) is 0. The van der Waals surface area contributed by atoms with Gasteiger partial charge in [-0.2, -0.15) is 0 Å². The third-order valence-electron chi connectivity index (χ3n) is 12.2. The number of fused-ring (bicyclic) bond motifs is 4. The topological polar surface area (TPSA) is 79.3 Å². The maximum Gasteiger partial charge on any atom is 0.279 e. The summed E-state index contributed by atoms with van der Waals surface area (Å²) in [6.07, 6.45) is 7.33. The number of thiazole rings is 4. The molecule has 0 unspecified atom stereocenters. The lowest BCUT2D eigenvalue weighted by Crippen LogP contribution is -1.96. The minimum absolute atomic E-state index is 0.527. The van der Waals surface area contributed by atoms with E-state index >= 15 is 0 Å². The summed E-state index contributed by atoms with van der Waals surface area (Å²) in [5.74, 6) is 1.65. The van der Waals surface area contributed by atoms with E-state index in [1.54, 1.807) is 45.3 Å². The molecule has 0 N–H and O–H groups in total. The van der Waals surface area contributed by atoms with Crippen LogP contribution in [0.2, 0.25) is 0 Å². The average molecular weight is 1100 g/mol. The Hall–Kier alpha value is -9.10. The van der Waals surface area contributed by atoms with Gasteiger partial charge in [0.2, 0.25) is 0 Å². The Morgan fingerprint density at radius 2 is 0.722 bits per heavy atom. The van der Waals surface area contributed by atoms with Crippen molar-refractivity contribution in [2.45, 2.75) is 13.2 Å². The van der Waals surface area contributed by atoms with Crippen LogP contribution in [0.5, 0.6) is 21.9 Å². The molecule has 0 radical (unpaired) electrons. The highest BCUT2D eigenvalue weighted by Crippen LogP contribution is 2.37. The van der Waals surface area contributed by atoms with E-state index in [-0.39, 0.29) is 0 Å². The highest BCUT2D eigenvalue weighted by Gasteiger charge is 2.12. The van der Waals surface area contributed by atoms with Gasteiger partial charge in [0.05, 0.1) is 46.4 Å². The molecule has 13 aromatic rings. The van der Waals surface area contributed by atoms with Gasteiger partial charge < -0.3 is 14.2 Å². The highest BCUT2D eigenvalue weighted by atomic mass is 32.1. The Labute approximate surface area is 475 Å². The van der Waals surface area contributed by atoms with Gasteiger partial charge in [-0.05, 0) is 106 Å². The van der Waals surface area contributed by atoms with Gasteiger partial charge in [0, 0.05) is 5.56 Å². The molecule has 4 aromatic heterocycles. The third-order valence-corrected chi connectivity index (χ3v) is 16.2. The summed E-state index contributed by atoms with van der Waals surface area (Å²) in [4.78, 5) is 18.2. The quantitative estimate of drug-likeness (QED) is 0.107. The fourth-order valence-corrected chi connectivity index (χ4v) is 11.5. The molecule has 7 nitrogen and oxygen atoms in total. The summed E-state index contributed by atoms with van der Waals surface area (Å²) >= 11 is 6.54. The zero-order chi connectivity index (χ0) is 54.2. The smallest absolute Gasteiger partial charge is 0.279 e. The van der Waals surface area contributed by atoms with E-state index in [1.807, 2.05) is 182 Å². The standard InChI is InChI=1S/C22H17NOS.C16H13NOS.C15H11NOS.C15H11NS/c1-2-16-11-13-17(14-12-16)15-24-20-9-5-3-7-18(20)22-23-19-8-4-6-10-21(19)25-22;1-2-12-7-9-13(10-8-12)11-18-16-17-14-5-3-4-6-15(14)19-16;1-2-11-7-9-12(10-8-11)17-15-16-13-5-3-4-6-14(13)18-15;1-2-11-7-9-12(10-8-11)15-16-13-5-3-4-6-14(13)17-15/h2-14H,1,15H2;2-10H,1,11H2;2-10H,1H2;2-10H,1H2. The van der Waals surface area contributed by atoms with E-state index in [9.17, 15) is 0 Å². The molecule has 4 heterocycles. The molecular weight excluding hydrogens is 1050 g/mol. The van der Waals surface area contributed by atoms with Crippen LogP contribution in [0.25, 0.3) is 86.3 Å². The third kappa shape index (κ3) is 14.1. The molecule has 0 saturated carbocycles. The van der Waals surface area contributed by atoms with Crippen molar-refractivity contribution < 1.29 is 14.2 Å². The van der Waals surface area contributed by atoms with Crippen molar-refractivity contribution in [2.24, 2.45) is 0 Å². The number of aromatic nitrogens is 4. The molecule has 0 amide bonds. The van der Waals surface area contributed by atoms with Gasteiger partial charge in [-0.15, -0.1) is 22.7 Å². The largest absolute Gasteiger partial charge is 0.488 e. The molecule has 0 saturated heterocycles. The first-order valence-corrected chi connectivity index (χ1v) is 28.5. The Balaban J connectivity index is 0.000000120. The number of benzene rings is 9. The lowest BCUT2D eigenvalue weighted by molar-refractivity contribution is 0.305. The van der Waals surface area contributed by atoms with E-state index in [1.165, 1.54) is 9.40 Å². The second-order valence-corrected chi connectivity index (χ2v) is 21.6. The number of hydrogen-bond donors (Lipinski definition) is 0. The van der Waals surface area contributed by atoms with Gasteiger partial charge in [-0.3, -0.25) is 0 Å². The predicted molar refractivity (Wildman–Crippen MR) is 338 cm³/mol. The molecule has 13 rings (SSSR count). The van der Waals surface area contributed by atoms with Crippen LogP contribution in [0.3, 0.4) is 0 Å². The monoisotopic (exact) mass is 1100 g/mol. The maximum atomic E-state index is 6.09. The van der Waals surface area contributed by atoms with Crippen LogP contribution in [0.4, 0.5) is 0 Å². The predicted octanol–water partition coefficient (Wildman–Crippen LogP) is 20.0. The highest BCUT2D eigenvalue weighted by molar-refractivity contribution is 7.22. The first-order valence-electron chi connectivity index (χ1n) is 25.2. The number of nitrogens with zero attached hydrogens (tertiary/aromatic N) is 4. The van der Waals surface area contributed by atoms with Crippen molar-refractivity contribution in [1.29, 1.82) is 0 Å². The van der Waals surface area contributed by atoms with E-state index in [4.69, 9.17) is 19.2 Å². The van der Waals surface area contributed by atoms with Crippen LogP contribution in [0.15, 0.2) is 245 Å². The number of ether oxygens (including phenoxy) is 3. The van der Waals surface area contributed by atoms with E-state index in [0.29, 0.717) is 23.6 Å². The van der Waals surface area contributed by atoms with Gasteiger partial charge in [-0.25, -0.2) is 19.9 Å². The molecule has 386 valence electrons. The lowest BCUT2D eigenvalue weighted by atomic mass is 10.1. The molecule has 0 bridgehead atoms. The molecule has 0 aliphatic heterocycles. The minimum Gasteiger partial charge on any atom is -0.488 e. The Morgan fingerprint density at radius 1 is 0.342 bits per heavy atom. The molecule has 0 spiro atoms. The van der Waals surface area contributed by atoms with Crippen LogP contribution in [0, 0.1) is 0 Å². The summed E-state index contributed by atoms with van der Waals surface area (Å²) in [5.41, 5.74) is 12.9. The maximum absolute atomic E-state index is 6.09. The zero-order valence-electron chi connectivity index (χ0n) is 43.0. The summed E-state index contributed by atoms with van der Waals surface area (Å²) < 4.78 is 22.3. The first-order chi connectivity index (χ1) is 38.9. The molecule has 0 atom stereocenters. The van der Waals surface area contributed by atoms with Crippen molar-refractivity contribution >= 4 is 111 Å². The van der Waals surface area contributed by atoms with E-state index < -0.39 is 0 Å². The molecule has 0 aliphatic carbocycles. The van der Waals surface area contributed by atoms with Crippen LogP contribution in [-0.4, -0.2) is 19.9 Å². The second kappa shape index (κ2) is 26.3. The Morgan fingerprint density at radius 3 is 1.22 bits per heavy atom. The van der Waals surface area contributed by atoms with Crippen LogP contribution >= 0.6 is 45.3 Å². The normalized spacial score (nSPS) is 10.6. The zero-order valence-corrected chi connectivity index (χ0v) is 46.2. The van der Waals surface area contributed by atoms with Gasteiger partial charge in [-0.1, -0.05) is 219 Å². The molecule has 79 heavy (non-hydrogen) atoms. The van der Waals surface area contributed by atoms with E-state index in [0.717, 1.165) is 97.5 Å². The van der Waals surface area contributed by atoms with Crippen LogP contribution in [-0.2, 0) is 13.2 Å². The molecular formula is C68H52N4O3S4. The molecule has 11 heteroatoms. The molecule has 9 aromatic carbocycles. The second-order valence-electron chi connectivity index (χ2n) is 17.5. The van der Waals surface area contributed by atoms with Crippen molar-refractivity contribution in [2.75, 3.05) is 0 Å². The first kappa shape index (κ1) is 53.3. The molecule has 0 fully saturated rings. The summed E-state index contributed by atoms with van der Waals surface area (Å²) in [6.45, 7) is 16.1. The van der Waals surface area contributed by atoms with Crippen molar-refractivity contribution in [1.82, 2.24) is 19.9 Å². The van der Waals surface area contributed by atoms with Crippen molar-refractivity contribution in [3.05, 3.63) is 278 Å². The lowest BCUT2D eigenvalue weighted by Gasteiger charge is -2.10. The Bertz CT molecular complexity index is 4010. The number of rotatable bonds is 14. The fourth-order valence-electron chi connectivity index (χ4n) is 7.90. The van der Waals surface area contributed by atoms with Crippen molar-refractivity contribution in [3.8, 4) is 43.0 Å². The van der Waals surface area contributed by atoms with Crippen molar-refractivity contribution in [3.63, 3.8) is 0 Å². The number of hydrogen-bond acceptors (Lipinski definition) is 11. The van der Waals surface area contributed by atoms with Crippen LogP contribution < -0.4 is 14.2 Å². The van der Waals surface area contributed by atoms with Gasteiger partial charge >= 0.3 is 0 Å².